The molecule has 0 atom stereocenters. The lowest BCUT2D eigenvalue weighted by molar-refractivity contribution is 0.0522. The number of esters is 3. The van der Waals surface area contributed by atoms with Gasteiger partial charge >= 0.3 is 17.9 Å². The first-order valence-corrected chi connectivity index (χ1v) is 8.69. The topological polar surface area (TPSA) is 101 Å². The van der Waals surface area contributed by atoms with Crippen LogP contribution in [-0.4, -0.2) is 38.2 Å². The first-order valence-electron chi connectivity index (χ1n) is 8.69. The number of ether oxygens (including phenoxy) is 4. The Morgan fingerprint density at radius 1 is 0.893 bits per heavy atom. The molecule has 8 nitrogen and oxygen atoms in total. The monoisotopic (exact) mass is 390 g/mol. The van der Waals surface area contributed by atoms with Crippen molar-refractivity contribution in [3.63, 3.8) is 0 Å². The van der Waals surface area contributed by atoms with Crippen molar-refractivity contribution >= 4 is 17.9 Å². The minimum atomic E-state index is -0.583. The standard InChI is InChI=1S/C20H22O8/c1-5-25-18(21)13-7-14(19(22)26-6-2)9-15(8-13)27-11-16-10-17(12(3)28-16)20(23)24-4/h7-10H,5-6,11H2,1-4H3. The number of furan rings is 1. The third-order valence-electron chi connectivity index (χ3n) is 3.68. The van der Waals surface area contributed by atoms with Gasteiger partial charge in [-0.1, -0.05) is 0 Å². The summed E-state index contributed by atoms with van der Waals surface area (Å²) < 4.78 is 25.8. The van der Waals surface area contributed by atoms with Crippen molar-refractivity contribution in [3.8, 4) is 5.75 Å². The van der Waals surface area contributed by atoms with Crippen molar-refractivity contribution < 1.29 is 37.7 Å². The van der Waals surface area contributed by atoms with Crippen LogP contribution in [0.2, 0.25) is 0 Å². The summed E-state index contributed by atoms with van der Waals surface area (Å²) in [6.07, 6.45) is 0. The molecule has 1 aromatic carbocycles. The van der Waals surface area contributed by atoms with E-state index < -0.39 is 17.9 Å². The van der Waals surface area contributed by atoms with Crippen molar-refractivity contribution in [2.45, 2.75) is 27.4 Å². The molecule has 2 aromatic rings. The van der Waals surface area contributed by atoms with Crippen molar-refractivity contribution in [1.82, 2.24) is 0 Å². The second-order valence-corrected chi connectivity index (χ2v) is 5.65. The van der Waals surface area contributed by atoms with E-state index in [0.29, 0.717) is 17.1 Å². The summed E-state index contributed by atoms with van der Waals surface area (Å²) in [5, 5.41) is 0. The van der Waals surface area contributed by atoms with E-state index in [2.05, 4.69) is 4.74 Å². The Balaban J connectivity index is 2.25. The molecule has 0 saturated carbocycles. The van der Waals surface area contributed by atoms with Gasteiger partial charge in [-0.15, -0.1) is 0 Å². The highest BCUT2D eigenvalue weighted by Gasteiger charge is 2.18. The summed E-state index contributed by atoms with van der Waals surface area (Å²) in [5.41, 5.74) is 0.621. The Hall–Kier alpha value is -3.29. The van der Waals surface area contributed by atoms with Crippen LogP contribution in [0.4, 0.5) is 0 Å². The lowest BCUT2D eigenvalue weighted by Gasteiger charge is -2.10. The molecule has 0 radical (unpaired) electrons. The fourth-order valence-corrected chi connectivity index (χ4v) is 2.43. The van der Waals surface area contributed by atoms with Crippen molar-refractivity contribution in [3.05, 3.63) is 52.5 Å². The zero-order valence-electron chi connectivity index (χ0n) is 16.2. The van der Waals surface area contributed by atoms with Gasteiger partial charge in [-0.25, -0.2) is 14.4 Å². The van der Waals surface area contributed by atoms with Gasteiger partial charge in [-0.3, -0.25) is 0 Å². The zero-order chi connectivity index (χ0) is 20.7. The fourth-order valence-electron chi connectivity index (χ4n) is 2.43. The van der Waals surface area contributed by atoms with Gasteiger partial charge in [0.25, 0.3) is 0 Å². The molecule has 0 saturated heterocycles. The van der Waals surface area contributed by atoms with Crippen molar-refractivity contribution in [2.24, 2.45) is 0 Å². The van der Waals surface area contributed by atoms with Crippen molar-refractivity contribution in [2.75, 3.05) is 20.3 Å². The highest BCUT2D eigenvalue weighted by atomic mass is 16.5. The van der Waals surface area contributed by atoms with Gasteiger partial charge < -0.3 is 23.4 Å². The average Bonchev–Trinajstić information content (AvgIpc) is 3.06. The predicted octanol–water partition coefficient (Wildman–Crippen LogP) is 3.31. The Labute approximate surface area is 162 Å². The lowest BCUT2D eigenvalue weighted by atomic mass is 10.1. The molecular formula is C20H22O8. The summed E-state index contributed by atoms with van der Waals surface area (Å²) >= 11 is 0. The zero-order valence-corrected chi connectivity index (χ0v) is 16.2. The number of rotatable bonds is 8. The van der Waals surface area contributed by atoms with Crippen molar-refractivity contribution in [1.29, 1.82) is 0 Å². The Morgan fingerprint density at radius 2 is 1.46 bits per heavy atom. The van der Waals surface area contributed by atoms with Gasteiger partial charge in [0.05, 0.1) is 31.5 Å². The smallest absolute Gasteiger partial charge is 0.341 e. The van der Waals surface area contributed by atoms with Crippen LogP contribution in [0, 0.1) is 6.92 Å². The summed E-state index contributed by atoms with van der Waals surface area (Å²) in [6, 6.07) is 5.81. The van der Waals surface area contributed by atoms with Crippen LogP contribution in [0.25, 0.3) is 0 Å². The van der Waals surface area contributed by atoms with E-state index in [1.165, 1.54) is 31.4 Å². The summed E-state index contributed by atoms with van der Waals surface area (Å²) in [6.45, 7) is 5.37. The third-order valence-corrected chi connectivity index (χ3v) is 3.68. The first kappa shape index (κ1) is 21.0. The molecule has 0 fully saturated rings. The van der Waals surface area contributed by atoms with E-state index in [-0.39, 0.29) is 36.7 Å². The number of carbonyl (C=O) groups is 3. The lowest BCUT2D eigenvalue weighted by Crippen LogP contribution is -2.10. The third kappa shape index (κ3) is 5.12. The molecule has 0 aliphatic carbocycles. The number of benzene rings is 1. The van der Waals surface area contributed by atoms with E-state index in [1.54, 1.807) is 20.8 Å². The predicted molar refractivity (Wildman–Crippen MR) is 97.5 cm³/mol. The molecule has 1 aromatic heterocycles. The molecule has 0 spiro atoms. The minimum Gasteiger partial charge on any atom is -0.486 e. The van der Waals surface area contributed by atoms with Gasteiger partial charge in [0.15, 0.2) is 0 Å². The molecule has 8 heteroatoms. The molecule has 28 heavy (non-hydrogen) atoms. The summed E-state index contributed by atoms with van der Waals surface area (Å²) in [7, 11) is 1.28. The van der Waals surface area contributed by atoms with Gasteiger partial charge in [0, 0.05) is 0 Å². The molecular weight excluding hydrogens is 368 g/mol. The van der Waals surface area contributed by atoms with Crippen LogP contribution in [0.5, 0.6) is 5.75 Å². The highest BCUT2D eigenvalue weighted by molar-refractivity contribution is 5.96. The van der Waals surface area contributed by atoms with E-state index in [0.717, 1.165) is 0 Å². The SMILES string of the molecule is CCOC(=O)c1cc(OCc2cc(C(=O)OC)c(C)o2)cc(C(=O)OCC)c1. The van der Waals surface area contributed by atoms with Crippen LogP contribution in [0.15, 0.2) is 28.7 Å². The fraction of sp³-hybridized carbons (Fsp3) is 0.350. The maximum atomic E-state index is 12.1. The second-order valence-electron chi connectivity index (χ2n) is 5.65. The quantitative estimate of drug-likeness (QED) is 0.500. The highest BCUT2D eigenvalue weighted by Crippen LogP contribution is 2.22. The normalized spacial score (nSPS) is 10.3. The van der Waals surface area contributed by atoms with Gasteiger partial charge in [-0.2, -0.15) is 0 Å². The molecule has 0 aliphatic rings. The molecule has 0 amide bonds. The first-order chi connectivity index (χ1) is 13.4. The second kappa shape index (κ2) is 9.59. The maximum absolute atomic E-state index is 12.1. The average molecular weight is 390 g/mol. The number of hydrogen-bond acceptors (Lipinski definition) is 8. The van der Waals surface area contributed by atoms with Crippen LogP contribution in [-0.2, 0) is 20.8 Å². The molecule has 2 rings (SSSR count). The van der Waals surface area contributed by atoms with Crippen LogP contribution in [0.1, 0.15) is 56.4 Å². The summed E-state index contributed by atoms with van der Waals surface area (Å²) in [5.74, 6) is -0.639. The summed E-state index contributed by atoms with van der Waals surface area (Å²) in [4.78, 5) is 35.8. The van der Waals surface area contributed by atoms with Gasteiger partial charge in [-0.05, 0) is 45.0 Å². The van der Waals surface area contributed by atoms with E-state index in [4.69, 9.17) is 18.6 Å². The van der Waals surface area contributed by atoms with Crippen LogP contribution in [0.3, 0.4) is 0 Å². The Kier molecular flexibility index (Phi) is 7.20. The number of methoxy groups -OCH3 is 1. The number of aryl methyl sites for hydroxylation is 1. The maximum Gasteiger partial charge on any atom is 0.341 e. The molecule has 0 N–H and O–H groups in total. The van der Waals surface area contributed by atoms with E-state index in [9.17, 15) is 14.4 Å². The van der Waals surface area contributed by atoms with E-state index in [1.807, 2.05) is 0 Å². The van der Waals surface area contributed by atoms with Crippen LogP contribution >= 0.6 is 0 Å². The van der Waals surface area contributed by atoms with Crippen LogP contribution < -0.4 is 4.74 Å². The number of carbonyl (C=O) groups excluding carboxylic acids is 3. The molecule has 1 heterocycles. The van der Waals surface area contributed by atoms with E-state index >= 15 is 0 Å². The Morgan fingerprint density at radius 3 is 1.96 bits per heavy atom. The molecule has 0 aliphatic heterocycles. The Bertz CT molecular complexity index is 829. The largest absolute Gasteiger partial charge is 0.486 e. The molecule has 150 valence electrons. The molecule has 0 bridgehead atoms. The van der Waals surface area contributed by atoms with Gasteiger partial charge in [0.2, 0.25) is 0 Å². The molecule has 0 unspecified atom stereocenters. The minimum absolute atomic E-state index is 0.0214. The van der Waals surface area contributed by atoms with Gasteiger partial charge in [0.1, 0.15) is 29.4 Å². The number of hydrogen-bond donors (Lipinski definition) is 0.